The fourth-order valence-electron chi connectivity index (χ4n) is 3.70. The molecule has 180 valence electrons. The maximum absolute atomic E-state index is 12.9. The van der Waals surface area contributed by atoms with E-state index in [1.54, 1.807) is 30.3 Å². The number of methoxy groups -OCH3 is 1. The zero-order valence-electron chi connectivity index (χ0n) is 18.5. The number of hydrogen-bond acceptors (Lipinski definition) is 7. The first-order valence-corrected chi connectivity index (χ1v) is 11.7. The van der Waals surface area contributed by atoms with Crippen LogP contribution >= 0.6 is 22.9 Å². The molecule has 2 heterocycles. The number of thiophene rings is 1. The predicted octanol–water partition coefficient (Wildman–Crippen LogP) is 6.72. The zero-order chi connectivity index (χ0) is 25.4. The van der Waals surface area contributed by atoms with E-state index >= 15 is 0 Å². The van der Waals surface area contributed by atoms with E-state index in [2.05, 4.69) is 10.6 Å². The monoisotopic (exact) mass is 521 g/mol. The Morgan fingerprint density at radius 1 is 1.03 bits per heavy atom. The van der Waals surface area contributed by atoms with Crippen LogP contribution in [0.2, 0.25) is 5.02 Å². The first-order valence-electron chi connectivity index (χ1n) is 10.5. The van der Waals surface area contributed by atoms with Crippen LogP contribution in [-0.4, -0.2) is 23.8 Å². The quantitative estimate of drug-likeness (QED) is 0.189. The Kier molecular flexibility index (Phi) is 6.05. The van der Waals surface area contributed by atoms with Crippen molar-refractivity contribution >= 4 is 72.9 Å². The molecule has 0 aliphatic heterocycles. The molecule has 2 N–H and O–H groups in total. The second kappa shape index (κ2) is 9.33. The smallest absolute Gasteiger partial charge is 0.291 e. The standard InChI is InChI=1S/C25H16ClN3O6S/c1-34-19-12-14(9-10-16(19)28-24(30)20-11-13-5-2-3-8-18(13)35-20)27-25(31)23-21(26)15-6-4-7-17(29(32)33)22(15)36-23/h2-12H,1H3,(H,27,31)(H,28,30). The number of ether oxygens (including phenoxy) is 1. The predicted molar refractivity (Wildman–Crippen MR) is 139 cm³/mol. The van der Waals surface area contributed by atoms with Gasteiger partial charge in [-0.2, -0.15) is 0 Å². The van der Waals surface area contributed by atoms with Gasteiger partial charge in [0.1, 0.15) is 20.9 Å². The summed E-state index contributed by atoms with van der Waals surface area (Å²) in [6.07, 6.45) is 0. The maximum atomic E-state index is 12.9. The summed E-state index contributed by atoms with van der Waals surface area (Å²) in [5, 5.41) is 18.2. The summed E-state index contributed by atoms with van der Waals surface area (Å²) < 4.78 is 11.3. The first-order chi connectivity index (χ1) is 17.4. The highest BCUT2D eigenvalue weighted by molar-refractivity contribution is 7.22. The summed E-state index contributed by atoms with van der Waals surface area (Å²) in [4.78, 5) is 36.6. The summed E-state index contributed by atoms with van der Waals surface area (Å²) in [6.45, 7) is 0. The van der Waals surface area contributed by atoms with E-state index in [0.29, 0.717) is 32.8 Å². The molecular formula is C25H16ClN3O6S. The number of rotatable bonds is 6. The summed E-state index contributed by atoms with van der Waals surface area (Å²) in [5.74, 6) is -0.545. The average molecular weight is 522 g/mol. The van der Waals surface area contributed by atoms with E-state index in [0.717, 1.165) is 16.7 Å². The van der Waals surface area contributed by atoms with Crippen LogP contribution in [0.4, 0.5) is 17.1 Å². The van der Waals surface area contributed by atoms with Gasteiger partial charge in [-0.05, 0) is 24.3 Å². The van der Waals surface area contributed by atoms with Gasteiger partial charge in [0.25, 0.3) is 17.5 Å². The van der Waals surface area contributed by atoms with Gasteiger partial charge in [-0.15, -0.1) is 11.3 Å². The van der Waals surface area contributed by atoms with Crippen LogP contribution in [0.5, 0.6) is 5.75 Å². The van der Waals surface area contributed by atoms with Crippen LogP contribution < -0.4 is 15.4 Å². The molecule has 2 aromatic heterocycles. The number of nitro groups is 1. The van der Waals surface area contributed by atoms with Gasteiger partial charge in [0.05, 0.1) is 22.7 Å². The van der Waals surface area contributed by atoms with Gasteiger partial charge < -0.3 is 19.8 Å². The molecule has 0 unspecified atom stereocenters. The minimum Gasteiger partial charge on any atom is -0.494 e. The van der Waals surface area contributed by atoms with E-state index in [1.807, 2.05) is 18.2 Å². The van der Waals surface area contributed by atoms with Gasteiger partial charge in [-0.25, -0.2) is 0 Å². The molecule has 0 saturated carbocycles. The van der Waals surface area contributed by atoms with E-state index < -0.39 is 16.7 Å². The Bertz CT molecular complexity index is 1640. The number of benzene rings is 3. The highest BCUT2D eigenvalue weighted by Gasteiger charge is 2.23. The van der Waals surface area contributed by atoms with Crippen molar-refractivity contribution in [2.24, 2.45) is 0 Å². The van der Waals surface area contributed by atoms with Crippen molar-refractivity contribution in [3.63, 3.8) is 0 Å². The number of hydrogen-bond donors (Lipinski definition) is 2. The molecule has 0 atom stereocenters. The van der Waals surface area contributed by atoms with E-state index in [1.165, 1.54) is 25.3 Å². The number of para-hydroxylation sites is 1. The third-order valence-electron chi connectivity index (χ3n) is 5.39. The zero-order valence-corrected chi connectivity index (χ0v) is 20.1. The number of halogens is 1. The SMILES string of the molecule is COc1cc(NC(=O)c2sc3c([N+](=O)[O-])cccc3c2Cl)ccc1NC(=O)c1cc2ccccc2o1. The molecule has 0 spiro atoms. The van der Waals surface area contributed by atoms with Gasteiger partial charge in [0, 0.05) is 28.6 Å². The molecule has 2 amide bonds. The first kappa shape index (κ1) is 23.3. The number of carbonyl (C=O) groups is 2. The Labute approximate surface area is 212 Å². The van der Waals surface area contributed by atoms with Gasteiger partial charge in [0.2, 0.25) is 0 Å². The minimum absolute atomic E-state index is 0.121. The van der Waals surface area contributed by atoms with E-state index in [-0.39, 0.29) is 21.3 Å². The largest absolute Gasteiger partial charge is 0.494 e. The third-order valence-corrected chi connectivity index (χ3v) is 7.13. The van der Waals surface area contributed by atoms with Gasteiger partial charge >= 0.3 is 0 Å². The summed E-state index contributed by atoms with van der Waals surface area (Å²) in [7, 11) is 1.43. The van der Waals surface area contributed by atoms with Crippen molar-refractivity contribution in [1.82, 2.24) is 0 Å². The number of furan rings is 1. The maximum Gasteiger partial charge on any atom is 0.291 e. The van der Waals surface area contributed by atoms with E-state index in [4.69, 9.17) is 20.8 Å². The lowest BCUT2D eigenvalue weighted by molar-refractivity contribution is -0.382. The van der Waals surface area contributed by atoms with Crippen LogP contribution in [-0.2, 0) is 0 Å². The number of nitrogens with one attached hydrogen (secondary N) is 2. The lowest BCUT2D eigenvalue weighted by atomic mass is 10.2. The van der Waals surface area contributed by atoms with Crippen LogP contribution in [0.25, 0.3) is 21.1 Å². The Hall–Kier alpha value is -4.41. The lowest BCUT2D eigenvalue weighted by Crippen LogP contribution is -2.13. The topological polar surface area (TPSA) is 124 Å². The molecule has 0 bridgehead atoms. The average Bonchev–Trinajstić information content (AvgIpc) is 3.46. The van der Waals surface area contributed by atoms with Gasteiger partial charge in [0.15, 0.2) is 5.76 Å². The molecule has 5 rings (SSSR count). The number of anilines is 2. The van der Waals surface area contributed by atoms with Crippen LogP contribution in [0.15, 0.2) is 71.1 Å². The van der Waals surface area contributed by atoms with Crippen LogP contribution in [0.3, 0.4) is 0 Å². The number of nitro benzene ring substituents is 1. The normalized spacial score (nSPS) is 10.9. The minimum atomic E-state index is -0.531. The van der Waals surface area contributed by atoms with Crippen molar-refractivity contribution < 1.29 is 23.7 Å². The number of nitrogens with zero attached hydrogens (tertiary/aromatic N) is 1. The summed E-state index contributed by atoms with van der Waals surface area (Å²) in [6, 6.07) is 18.1. The molecule has 11 heteroatoms. The van der Waals surface area contributed by atoms with Crippen LogP contribution in [0, 0.1) is 10.1 Å². The van der Waals surface area contributed by atoms with Crippen molar-refractivity contribution in [2.45, 2.75) is 0 Å². The molecule has 0 radical (unpaired) electrons. The molecule has 9 nitrogen and oxygen atoms in total. The van der Waals surface area contributed by atoms with Gasteiger partial charge in [-0.3, -0.25) is 19.7 Å². The fourth-order valence-corrected chi connectivity index (χ4v) is 5.19. The number of carbonyl (C=O) groups excluding carboxylic acids is 2. The van der Waals surface area contributed by atoms with Crippen molar-refractivity contribution in [2.75, 3.05) is 17.7 Å². The second-order valence-electron chi connectivity index (χ2n) is 7.63. The fraction of sp³-hybridized carbons (Fsp3) is 0.0400. The Morgan fingerprint density at radius 2 is 1.83 bits per heavy atom. The molecule has 0 fully saturated rings. The molecule has 0 saturated heterocycles. The second-order valence-corrected chi connectivity index (χ2v) is 9.03. The van der Waals surface area contributed by atoms with Crippen molar-refractivity contribution in [3.8, 4) is 5.75 Å². The number of fused-ring (bicyclic) bond motifs is 2. The summed E-state index contributed by atoms with van der Waals surface area (Å²) in [5.41, 5.74) is 1.22. The van der Waals surface area contributed by atoms with Gasteiger partial charge in [-0.1, -0.05) is 41.9 Å². The third kappa shape index (κ3) is 4.23. The highest BCUT2D eigenvalue weighted by Crippen LogP contribution is 2.40. The molecule has 36 heavy (non-hydrogen) atoms. The van der Waals surface area contributed by atoms with Crippen molar-refractivity contribution in [1.29, 1.82) is 0 Å². The molecule has 5 aromatic rings. The Balaban J connectivity index is 1.37. The number of amides is 2. The Morgan fingerprint density at radius 3 is 2.58 bits per heavy atom. The molecular weight excluding hydrogens is 506 g/mol. The summed E-state index contributed by atoms with van der Waals surface area (Å²) >= 11 is 7.31. The van der Waals surface area contributed by atoms with Crippen LogP contribution in [0.1, 0.15) is 20.2 Å². The molecule has 0 aliphatic carbocycles. The molecule has 3 aromatic carbocycles. The molecule has 0 aliphatic rings. The number of non-ortho nitro benzene ring substituents is 1. The van der Waals surface area contributed by atoms with Crippen molar-refractivity contribution in [3.05, 3.63) is 92.5 Å². The van der Waals surface area contributed by atoms with E-state index in [9.17, 15) is 19.7 Å². The highest BCUT2D eigenvalue weighted by atomic mass is 35.5. The lowest BCUT2D eigenvalue weighted by Gasteiger charge is -2.12.